The quantitative estimate of drug-likeness (QED) is 0.486. The van der Waals surface area contributed by atoms with Gasteiger partial charge < -0.3 is 18.8 Å². The van der Waals surface area contributed by atoms with Crippen LogP contribution in [0.15, 0.2) is 36.7 Å². The van der Waals surface area contributed by atoms with Crippen LogP contribution < -0.4 is 9.47 Å². The SMILES string of the molecule is COC[C@H]1COc2ccccc2-c2nnc(CS(=O)(=O)[C@@H](C)[C@H](C)c3ncc(OC)cn3)n21. The highest BCUT2D eigenvalue weighted by Crippen LogP contribution is 2.35. The van der Waals surface area contributed by atoms with E-state index in [1.807, 2.05) is 28.8 Å². The number of hydrogen-bond donors (Lipinski definition) is 0. The van der Waals surface area contributed by atoms with Gasteiger partial charge in [-0.15, -0.1) is 10.2 Å². The van der Waals surface area contributed by atoms with Crippen LogP contribution in [-0.2, 0) is 20.3 Å². The van der Waals surface area contributed by atoms with Crippen LogP contribution in [0, 0.1) is 0 Å². The lowest BCUT2D eigenvalue weighted by atomic mass is 10.1. The summed E-state index contributed by atoms with van der Waals surface area (Å²) >= 11 is 0. The van der Waals surface area contributed by atoms with Gasteiger partial charge in [-0.1, -0.05) is 19.1 Å². The minimum Gasteiger partial charge on any atom is -0.494 e. The predicted molar refractivity (Wildman–Crippen MR) is 121 cm³/mol. The number of aromatic nitrogens is 5. The molecule has 11 heteroatoms. The maximum Gasteiger partial charge on any atom is 0.168 e. The average molecular weight is 474 g/mol. The van der Waals surface area contributed by atoms with Crippen LogP contribution in [0.3, 0.4) is 0 Å². The van der Waals surface area contributed by atoms with Crippen LogP contribution >= 0.6 is 0 Å². The van der Waals surface area contributed by atoms with E-state index < -0.39 is 21.0 Å². The molecule has 1 aliphatic rings. The molecule has 0 N–H and O–H groups in total. The molecule has 4 rings (SSSR count). The lowest BCUT2D eigenvalue weighted by molar-refractivity contribution is 0.124. The molecular formula is C22H27N5O5S. The zero-order valence-corrected chi connectivity index (χ0v) is 19.8. The van der Waals surface area contributed by atoms with E-state index in [-0.39, 0.29) is 11.8 Å². The van der Waals surface area contributed by atoms with Gasteiger partial charge in [0.25, 0.3) is 0 Å². The van der Waals surface area contributed by atoms with E-state index in [9.17, 15) is 8.42 Å². The minimum absolute atomic E-state index is 0.268. The monoisotopic (exact) mass is 473 g/mol. The smallest absolute Gasteiger partial charge is 0.168 e. The highest BCUT2D eigenvalue weighted by atomic mass is 32.2. The molecule has 10 nitrogen and oxygen atoms in total. The van der Waals surface area contributed by atoms with Gasteiger partial charge in [-0.3, -0.25) is 0 Å². The molecule has 3 atom stereocenters. The molecule has 33 heavy (non-hydrogen) atoms. The van der Waals surface area contributed by atoms with Crippen molar-refractivity contribution in [2.45, 2.75) is 36.8 Å². The molecule has 0 spiro atoms. The number of fused-ring (bicyclic) bond motifs is 3. The summed E-state index contributed by atoms with van der Waals surface area (Å²) in [5.74, 6) is 1.84. The standard InChI is InChI=1S/C22H27N5O5S/c1-14(21-23-9-17(31-4)10-24-21)15(2)33(28,29)13-20-25-26-22-18-7-5-6-8-19(18)32-12-16(11-30-3)27(20)22/h5-10,14-16H,11-13H2,1-4H3/t14-,15-,16-/m0/s1. The topological polar surface area (TPSA) is 118 Å². The molecule has 1 aliphatic heterocycles. The Kier molecular flexibility index (Phi) is 6.61. The van der Waals surface area contributed by atoms with Crippen molar-refractivity contribution in [1.82, 2.24) is 24.7 Å². The molecule has 1 aromatic carbocycles. The summed E-state index contributed by atoms with van der Waals surface area (Å²) in [7, 11) is -0.505. The van der Waals surface area contributed by atoms with Crippen molar-refractivity contribution in [1.29, 1.82) is 0 Å². The summed E-state index contributed by atoms with van der Waals surface area (Å²) in [6, 6.07) is 7.24. The number of ether oxygens (including phenoxy) is 3. The Hall–Kier alpha value is -3.05. The van der Waals surface area contributed by atoms with E-state index >= 15 is 0 Å². The summed E-state index contributed by atoms with van der Waals surface area (Å²) in [4.78, 5) is 8.52. The molecule has 3 heterocycles. The molecule has 0 bridgehead atoms. The van der Waals surface area contributed by atoms with Gasteiger partial charge in [0.05, 0.1) is 43.0 Å². The van der Waals surface area contributed by atoms with E-state index in [1.54, 1.807) is 21.0 Å². The highest BCUT2D eigenvalue weighted by Gasteiger charge is 2.34. The summed E-state index contributed by atoms with van der Waals surface area (Å²) in [5, 5.41) is 7.86. The fourth-order valence-corrected chi connectivity index (χ4v) is 5.40. The lowest BCUT2D eigenvalue weighted by Crippen LogP contribution is -2.29. The average Bonchev–Trinajstić information content (AvgIpc) is 3.16. The largest absolute Gasteiger partial charge is 0.494 e. The Morgan fingerprint density at radius 1 is 1.15 bits per heavy atom. The van der Waals surface area contributed by atoms with E-state index in [2.05, 4.69) is 20.2 Å². The van der Waals surface area contributed by atoms with Gasteiger partial charge in [-0.25, -0.2) is 18.4 Å². The van der Waals surface area contributed by atoms with Crippen LogP contribution in [-0.4, -0.2) is 65.8 Å². The molecule has 3 aromatic rings. The molecule has 0 amide bonds. The highest BCUT2D eigenvalue weighted by molar-refractivity contribution is 7.91. The maximum absolute atomic E-state index is 13.4. The molecule has 0 fully saturated rings. The molecule has 176 valence electrons. The fourth-order valence-electron chi connectivity index (χ4n) is 3.84. The van der Waals surface area contributed by atoms with Crippen molar-refractivity contribution in [2.24, 2.45) is 0 Å². The van der Waals surface area contributed by atoms with Crippen LogP contribution in [0.2, 0.25) is 0 Å². The molecule has 0 saturated carbocycles. The minimum atomic E-state index is -3.62. The van der Waals surface area contributed by atoms with Crippen molar-refractivity contribution in [3.05, 3.63) is 48.3 Å². The number of sulfone groups is 1. The number of hydrogen-bond acceptors (Lipinski definition) is 9. The molecule has 0 unspecified atom stereocenters. The Balaban J connectivity index is 1.65. The number of rotatable bonds is 8. The normalized spacial score (nSPS) is 17.3. The first-order chi connectivity index (χ1) is 15.9. The molecule has 2 aromatic heterocycles. The van der Waals surface area contributed by atoms with E-state index in [0.717, 1.165) is 5.56 Å². The first kappa shape index (κ1) is 23.1. The van der Waals surface area contributed by atoms with Gasteiger partial charge in [0.2, 0.25) is 0 Å². The summed E-state index contributed by atoms with van der Waals surface area (Å²) in [6.45, 7) is 4.11. The predicted octanol–water partition coefficient (Wildman–Crippen LogP) is 2.43. The van der Waals surface area contributed by atoms with E-state index in [0.29, 0.717) is 42.2 Å². The van der Waals surface area contributed by atoms with Crippen molar-refractivity contribution in [3.63, 3.8) is 0 Å². The Bertz CT molecular complexity index is 1210. The van der Waals surface area contributed by atoms with Gasteiger partial charge in [0, 0.05) is 13.0 Å². The summed E-state index contributed by atoms with van der Waals surface area (Å²) in [5.41, 5.74) is 0.764. The first-order valence-electron chi connectivity index (χ1n) is 10.6. The zero-order valence-electron chi connectivity index (χ0n) is 19.0. The number of methoxy groups -OCH3 is 2. The maximum atomic E-state index is 13.4. The van der Waals surface area contributed by atoms with Gasteiger partial charge in [-0.05, 0) is 19.1 Å². The Labute approximate surface area is 192 Å². The second-order valence-electron chi connectivity index (χ2n) is 8.01. The Morgan fingerprint density at radius 2 is 1.88 bits per heavy atom. The van der Waals surface area contributed by atoms with Crippen LogP contribution in [0.1, 0.15) is 37.5 Å². The van der Waals surface area contributed by atoms with Crippen LogP contribution in [0.4, 0.5) is 0 Å². The third kappa shape index (κ3) is 4.55. The van der Waals surface area contributed by atoms with Crippen molar-refractivity contribution >= 4 is 9.84 Å². The van der Waals surface area contributed by atoms with Crippen LogP contribution in [0.25, 0.3) is 11.4 Å². The van der Waals surface area contributed by atoms with Crippen molar-refractivity contribution in [3.8, 4) is 22.9 Å². The lowest BCUT2D eigenvalue weighted by Gasteiger charge is -2.21. The van der Waals surface area contributed by atoms with Crippen molar-refractivity contribution in [2.75, 3.05) is 27.4 Å². The van der Waals surface area contributed by atoms with Gasteiger partial charge >= 0.3 is 0 Å². The third-order valence-corrected chi connectivity index (χ3v) is 8.14. The van der Waals surface area contributed by atoms with Gasteiger partial charge in [0.15, 0.2) is 21.4 Å². The summed E-state index contributed by atoms with van der Waals surface area (Å²) < 4.78 is 45.0. The van der Waals surface area contributed by atoms with Gasteiger partial charge in [0.1, 0.15) is 29.8 Å². The second kappa shape index (κ2) is 9.44. The fraction of sp³-hybridized carbons (Fsp3) is 0.455. The van der Waals surface area contributed by atoms with Gasteiger partial charge in [-0.2, -0.15) is 0 Å². The number of para-hydroxylation sites is 1. The molecular weight excluding hydrogens is 446 g/mol. The summed E-state index contributed by atoms with van der Waals surface area (Å²) in [6.07, 6.45) is 3.06. The first-order valence-corrected chi connectivity index (χ1v) is 12.3. The molecule has 0 radical (unpaired) electrons. The third-order valence-electron chi connectivity index (χ3n) is 5.94. The van der Waals surface area contributed by atoms with E-state index in [1.165, 1.54) is 19.5 Å². The zero-order chi connectivity index (χ0) is 23.6. The number of benzene rings is 1. The molecule has 0 saturated heterocycles. The van der Waals surface area contributed by atoms with E-state index in [4.69, 9.17) is 14.2 Å². The Morgan fingerprint density at radius 3 is 2.58 bits per heavy atom. The van der Waals surface area contributed by atoms with Crippen LogP contribution in [0.5, 0.6) is 11.5 Å². The molecule has 0 aliphatic carbocycles. The van der Waals surface area contributed by atoms with Crippen molar-refractivity contribution < 1.29 is 22.6 Å². The second-order valence-corrected chi connectivity index (χ2v) is 10.4. The number of nitrogens with zero attached hydrogens (tertiary/aromatic N) is 5.